The van der Waals surface area contributed by atoms with E-state index in [0.29, 0.717) is 26.1 Å². The number of aromatic nitrogens is 2. The number of nitrogens with one attached hydrogen (secondary N) is 2. The Bertz CT molecular complexity index is 869. The summed E-state index contributed by atoms with van der Waals surface area (Å²) in [6.45, 7) is 2.57. The van der Waals surface area contributed by atoms with Crippen LogP contribution in [-0.4, -0.2) is 95.0 Å². The van der Waals surface area contributed by atoms with Crippen LogP contribution in [0, 0.1) is 0 Å². The number of fused-ring (bicyclic) bond motifs is 1. The minimum atomic E-state index is -0.715. The molecule has 2 fully saturated rings. The second kappa shape index (κ2) is 7.86. The number of likely N-dealkylation sites (N-methyl/N-ethyl adjacent to an activating group) is 1. The van der Waals surface area contributed by atoms with Gasteiger partial charge in [-0.05, 0) is 19.5 Å². The number of carbonyl (C=O) groups excluding carboxylic acids is 2. The van der Waals surface area contributed by atoms with Crippen molar-refractivity contribution in [3.05, 3.63) is 30.0 Å². The molecule has 2 aliphatic rings. The van der Waals surface area contributed by atoms with Crippen molar-refractivity contribution in [2.75, 3.05) is 39.8 Å². The van der Waals surface area contributed by atoms with Gasteiger partial charge in [-0.3, -0.25) is 14.7 Å². The Morgan fingerprint density at radius 2 is 2.11 bits per heavy atom. The van der Waals surface area contributed by atoms with Gasteiger partial charge in [0.2, 0.25) is 0 Å². The van der Waals surface area contributed by atoms with E-state index in [4.69, 9.17) is 4.74 Å². The van der Waals surface area contributed by atoms with Crippen LogP contribution in [0.2, 0.25) is 0 Å². The molecule has 3 atom stereocenters. The fourth-order valence-electron chi connectivity index (χ4n) is 3.79. The van der Waals surface area contributed by atoms with Gasteiger partial charge in [0.05, 0.1) is 24.3 Å². The van der Waals surface area contributed by atoms with E-state index in [1.807, 2.05) is 31.3 Å². The average molecular weight is 387 g/mol. The number of aliphatic hydroxyl groups excluding tert-OH is 1. The lowest BCUT2D eigenvalue weighted by Gasteiger charge is -2.39. The van der Waals surface area contributed by atoms with Crippen LogP contribution in [-0.2, 0) is 9.53 Å². The minimum absolute atomic E-state index is 0.0945. The predicted octanol–water partition coefficient (Wildman–Crippen LogP) is -0.415. The number of benzene rings is 1. The summed E-state index contributed by atoms with van der Waals surface area (Å²) in [4.78, 5) is 29.3. The fourth-order valence-corrected chi connectivity index (χ4v) is 3.79. The first-order valence-corrected chi connectivity index (χ1v) is 9.54. The Kier molecular flexibility index (Phi) is 5.29. The first-order chi connectivity index (χ1) is 13.5. The number of ether oxygens (including phenoxy) is 1. The molecule has 9 heteroatoms. The summed E-state index contributed by atoms with van der Waals surface area (Å²) in [7, 11) is 1.96. The lowest BCUT2D eigenvalue weighted by molar-refractivity contribution is -0.151. The molecule has 0 saturated carbocycles. The summed E-state index contributed by atoms with van der Waals surface area (Å²) >= 11 is 0. The molecular formula is C19H25N5O4. The Labute approximate surface area is 162 Å². The molecule has 2 aromatic rings. The van der Waals surface area contributed by atoms with E-state index in [2.05, 4.69) is 20.4 Å². The minimum Gasteiger partial charge on any atom is -0.391 e. The zero-order chi connectivity index (χ0) is 19.7. The van der Waals surface area contributed by atoms with Crippen LogP contribution >= 0.6 is 0 Å². The van der Waals surface area contributed by atoms with Crippen molar-refractivity contribution in [3.8, 4) is 0 Å². The topological polar surface area (TPSA) is 111 Å². The number of hydrogen-bond acceptors (Lipinski definition) is 6. The number of nitrogens with zero attached hydrogens (tertiary/aromatic N) is 3. The first kappa shape index (κ1) is 18.9. The smallest absolute Gasteiger partial charge is 0.272 e. The number of rotatable bonds is 3. The highest BCUT2D eigenvalue weighted by molar-refractivity contribution is 6.04. The van der Waals surface area contributed by atoms with Crippen molar-refractivity contribution in [1.29, 1.82) is 0 Å². The maximum absolute atomic E-state index is 12.8. The largest absolute Gasteiger partial charge is 0.391 e. The van der Waals surface area contributed by atoms with Gasteiger partial charge >= 0.3 is 0 Å². The average Bonchev–Trinajstić information content (AvgIpc) is 3.13. The number of morpholine rings is 1. The molecule has 2 saturated heterocycles. The van der Waals surface area contributed by atoms with Crippen LogP contribution in [0.15, 0.2) is 24.3 Å². The zero-order valence-corrected chi connectivity index (χ0v) is 15.8. The SMILES string of the molecule is CN1CCOC(C(=O)N2CC[C@@H](O)[C@H](NC(=O)c3n[nH]c4ccccc34)C2)C1. The lowest BCUT2D eigenvalue weighted by Crippen LogP contribution is -2.59. The highest BCUT2D eigenvalue weighted by atomic mass is 16.5. The van der Waals surface area contributed by atoms with Gasteiger partial charge < -0.3 is 25.0 Å². The molecule has 2 amide bonds. The molecule has 2 aliphatic heterocycles. The molecule has 9 nitrogen and oxygen atoms in total. The third kappa shape index (κ3) is 3.73. The van der Waals surface area contributed by atoms with Crippen LogP contribution in [0.25, 0.3) is 10.9 Å². The molecule has 150 valence electrons. The van der Waals surface area contributed by atoms with Crippen molar-refractivity contribution >= 4 is 22.7 Å². The number of piperidine rings is 1. The molecular weight excluding hydrogens is 362 g/mol. The summed E-state index contributed by atoms with van der Waals surface area (Å²) in [5, 5.41) is 20.9. The van der Waals surface area contributed by atoms with Crippen molar-refractivity contribution in [1.82, 2.24) is 25.3 Å². The van der Waals surface area contributed by atoms with Crippen molar-refractivity contribution < 1.29 is 19.4 Å². The van der Waals surface area contributed by atoms with Crippen LogP contribution in [0.5, 0.6) is 0 Å². The molecule has 0 aliphatic carbocycles. The summed E-state index contributed by atoms with van der Waals surface area (Å²) in [6.07, 6.45) is -0.811. The number of H-pyrrole nitrogens is 1. The molecule has 4 rings (SSSR count). The molecule has 1 unspecified atom stereocenters. The number of hydrogen-bond donors (Lipinski definition) is 3. The Hall–Kier alpha value is -2.49. The highest BCUT2D eigenvalue weighted by Gasteiger charge is 2.36. The zero-order valence-electron chi connectivity index (χ0n) is 15.8. The van der Waals surface area contributed by atoms with E-state index in [-0.39, 0.29) is 24.1 Å². The predicted molar refractivity (Wildman–Crippen MR) is 102 cm³/mol. The Morgan fingerprint density at radius 3 is 2.93 bits per heavy atom. The third-order valence-corrected chi connectivity index (χ3v) is 5.43. The van der Waals surface area contributed by atoms with E-state index in [1.165, 1.54) is 0 Å². The second-order valence-electron chi connectivity index (χ2n) is 7.46. The molecule has 0 spiro atoms. The number of para-hydroxylation sites is 1. The van der Waals surface area contributed by atoms with Gasteiger partial charge in [-0.25, -0.2) is 0 Å². The van der Waals surface area contributed by atoms with Crippen LogP contribution in [0.4, 0.5) is 0 Å². The molecule has 1 aromatic heterocycles. The first-order valence-electron chi connectivity index (χ1n) is 9.54. The van der Waals surface area contributed by atoms with E-state index in [9.17, 15) is 14.7 Å². The molecule has 0 radical (unpaired) electrons. The quantitative estimate of drug-likeness (QED) is 0.660. The van der Waals surface area contributed by atoms with Crippen molar-refractivity contribution in [2.24, 2.45) is 0 Å². The molecule has 0 bridgehead atoms. The monoisotopic (exact) mass is 387 g/mol. The number of aliphatic hydroxyl groups is 1. The lowest BCUT2D eigenvalue weighted by atomic mass is 10.0. The van der Waals surface area contributed by atoms with Crippen LogP contribution in [0.3, 0.4) is 0 Å². The fraction of sp³-hybridized carbons (Fsp3) is 0.526. The van der Waals surface area contributed by atoms with Gasteiger partial charge in [0.25, 0.3) is 11.8 Å². The van der Waals surface area contributed by atoms with Crippen molar-refractivity contribution in [2.45, 2.75) is 24.7 Å². The standard InChI is InChI=1S/C19H25N5O4/c1-23-8-9-28-16(11-23)19(27)24-7-6-15(25)14(10-24)20-18(26)17-12-4-2-3-5-13(12)21-22-17/h2-5,14-16,25H,6-11H2,1H3,(H,20,26)(H,21,22)/t14-,15-,16?/m1/s1. The Balaban J connectivity index is 1.43. The normalized spacial score (nSPS) is 26.4. The number of carbonyl (C=O) groups is 2. The van der Waals surface area contributed by atoms with Gasteiger partial charge in [0.15, 0.2) is 5.69 Å². The molecule has 1 aromatic carbocycles. The maximum atomic E-state index is 12.8. The highest BCUT2D eigenvalue weighted by Crippen LogP contribution is 2.18. The number of amides is 2. The van der Waals surface area contributed by atoms with E-state index in [0.717, 1.165) is 17.4 Å². The van der Waals surface area contributed by atoms with Crippen molar-refractivity contribution in [3.63, 3.8) is 0 Å². The molecule has 3 heterocycles. The summed E-state index contributed by atoms with van der Waals surface area (Å²) in [5.41, 5.74) is 1.05. The molecule has 3 N–H and O–H groups in total. The van der Waals surface area contributed by atoms with Gasteiger partial charge in [-0.1, -0.05) is 18.2 Å². The summed E-state index contributed by atoms with van der Waals surface area (Å²) in [5.74, 6) is -0.465. The van der Waals surface area contributed by atoms with Crippen LogP contribution in [0.1, 0.15) is 16.9 Å². The van der Waals surface area contributed by atoms with Gasteiger partial charge in [0, 0.05) is 31.6 Å². The van der Waals surface area contributed by atoms with E-state index < -0.39 is 18.2 Å². The van der Waals surface area contributed by atoms with Crippen LogP contribution < -0.4 is 5.32 Å². The van der Waals surface area contributed by atoms with Gasteiger partial charge in [0.1, 0.15) is 6.10 Å². The number of aromatic amines is 1. The number of likely N-dealkylation sites (tertiary alicyclic amines) is 1. The third-order valence-electron chi connectivity index (χ3n) is 5.43. The summed E-state index contributed by atoms with van der Waals surface area (Å²) in [6, 6.07) is 6.81. The Morgan fingerprint density at radius 1 is 1.29 bits per heavy atom. The second-order valence-corrected chi connectivity index (χ2v) is 7.46. The van der Waals surface area contributed by atoms with Gasteiger partial charge in [-0.15, -0.1) is 0 Å². The summed E-state index contributed by atoms with van der Waals surface area (Å²) < 4.78 is 5.62. The molecule has 28 heavy (non-hydrogen) atoms. The van der Waals surface area contributed by atoms with E-state index in [1.54, 1.807) is 4.90 Å². The van der Waals surface area contributed by atoms with Gasteiger partial charge in [-0.2, -0.15) is 5.10 Å². The van der Waals surface area contributed by atoms with E-state index >= 15 is 0 Å². The maximum Gasteiger partial charge on any atom is 0.272 e.